The van der Waals surface area contributed by atoms with Crippen molar-refractivity contribution in [2.24, 2.45) is 0 Å². The topological polar surface area (TPSA) is 77.5 Å². The second-order valence-electron chi connectivity index (χ2n) is 7.65. The molecule has 3 heterocycles. The Bertz CT molecular complexity index is 1320. The summed E-state index contributed by atoms with van der Waals surface area (Å²) in [6.07, 6.45) is 0.170. The van der Waals surface area contributed by atoms with Gasteiger partial charge in [0.25, 0.3) is 0 Å². The average molecular weight is 477 g/mol. The van der Waals surface area contributed by atoms with E-state index in [0.29, 0.717) is 22.2 Å². The normalized spacial score (nSPS) is 11.8. The largest absolute Gasteiger partial charge is 0.488 e. The predicted molar refractivity (Wildman–Crippen MR) is 129 cm³/mol. The first-order valence-electron chi connectivity index (χ1n) is 10.4. The van der Waals surface area contributed by atoms with Gasteiger partial charge in [0.15, 0.2) is 0 Å². The Morgan fingerprint density at radius 3 is 2.82 bits per heavy atom. The van der Waals surface area contributed by atoms with E-state index in [0.717, 1.165) is 33.0 Å². The third-order valence-corrected chi connectivity index (χ3v) is 7.21. The van der Waals surface area contributed by atoms with Crippen LogP contribution in [-0.4, -0.2) is 16.9 Å². The molecule has 166 valence electrons. The van der Waals surface area contributed by atoms with Gasteiger partial charge in [-0.2, -0.15) is 0 Å². The Labute approximate surface area is 198 Å². The number of aryl methyl sites for hydroxylation is 1. The molecule has 6 nitrogen and oxygen atoms in total. The lowest BCUT2D eigenvalue weighted by Crippen LogP contribution is -2.14. The van der Waals surface area contributed by atoms with Crippen LogP contribution in [0.4, 0.5) is 5.69 Å². The first-order chi connectivity index (χ1) is 16.0. The van der Waals surface area contributed by atoms with Crippen LogP contribution in [-0.2, 0) is 29.2 Å². The summed E-state index contributed by atoms with van der Waals surface area (Å²) >= 11 is 2.79. The number of thiazole rings is 1. The highest BCUT2D eigenvalue weighted by Crippen LogP contribution is 2.42. The summed E-state index contributed by atoms with van der Waals surface area (Å²) in [6, 6.07) is 17.3. The zero-order valence-corrected chi connectivity index (χ0v) is 19.4. The van der Waals surface area contributed by atoms with Gasteiger partial charge in [0, 0.05) is 27.1 Å². The minimum absolute atomic E-state index is 0.0601. The Balaban J connectivity index is 1.17. The van der Waals surface area contributed by atoms with Crippen LogP contribution in [0.3, 0.4) is 0 Å². The van der Waals surface area contributed by atoms with Crippen molar-refractivity contribution in [2.75, 3.05) is 5.32 Å². The van der Waals surface area contributed by atoms with E-state index in [1.165, 1.54) is 22.7 Å². The molecule has 0 spiro atoms. The molecule has 0 aliphatic carbocycles. The molecular formula is C25H20N2O4S2. The van der Waals surface area contributed by atoms with E-state index in [2.05, 4.69) is 10.3 Å². The van der Waals surface area contributed by atoms with Crippen LogP contribution in [0, 0.1) is 6.92 Å². The fraction of sp³-hybridized carbons (Fsp3) is 0.160. The Hall–Kier alpha value is -3.49. The van der Waals surface area contributed by atoms with Gasteiger partial charge >= 0.3 is 5.97 Å². The molecule has 0 radical (unpaired) electrons. The smallest absolute Gasteiger partial charge is 0.348 e. The Morgan fingerprint density at radius 2 is 1.97 bits per heavy atom. The SMILES string of the molecule is Cc1ccc(NC(=O)Cc2nc(COC(=O)c3cc4c(s3)-c3ccccc3OC4)cs2)cc1. The highest BCUT2D eigenvalue weighted by atomic mass is 32.1. The third-order valence-electron chi connectivity index (χ3n) is 5.12. The number of amides is 1. The van der Waals surface area contributed by atoms with Crippen molar-refractivity contribution in [1.29, 1.82) is 0 Å². The number of fused-ring (bicyclic) bond motifs is 3. The molecule has 1 amide bonds. The Morgan fingerprint density at radius 1 is 1.15 bits per heavy atom. The molecule has 33 heavy (non-hydrogen) atoms. The average Bonchev–Trinajstić information content (AvgIpc) is 3.46. The number of rotatable bonds is 6. The number of nitrogens with zero attached hydrogens (tertiary/aromatic N) is 1. The first-order valence-corrected chi connectivity index (χ1v) is 12.1. The molecule has 4 aromatic rings. The lowest BCUT2D eigenvalue weighted by Gasteiger charge is -2.16. The Kier molecular flexibility index (Phi) is 5.93. The highest BCUT2D eigenvalue weighted by molar-refractivity contribution is 7.17. The lowest BCUT2D eigenvalue weighted by atomic mass is 10.1. The summed E-state index contributed by atoms with van der Waals surface area (Å²) in [4.78, 5) is 30.9. The maximum atomic E-state index is 12.6. The van der Waals surface area contributed by atoms with Crippen LogP contribution in [0.5, 0.6) is 5.75 Å². The number of carbonyl (C=O) groups is 2. The van der Waals surface area contributed by atoms with Gasteiger partial charge in [0.2, 0.25) is 5.91 Å². The van der Waals surface area contributed by atoms with E-state index in [9.17, 15) is 9.59 Å². The van der Waals surface area contributed by atoms with Gasteiger partial charge in [-0.05, 0) is 37.3 Å². The number of esters is 1. The number of ether oxygens (including phenoxy) is 2. The van der Waals surface area contributed by atoms with Crippen LogP contribution < -0.4 is 10.1 Å². The molecule has 0 bridgehead atoms. The van der Waals surface area contributed by atoms with Gasteiger partial charge in [-0.3, -0.25) is 4.79 Å². The second kappa shape index (κ2) is 9.17. The van der Waals surface area contributed by atoms with Crippen LogP contribution in [0.1, 0.15) is 31.5 Å². The minimum Gasteiger partial charge on any atom is -0.488 e. The van der Waals surface area contributed by atoms with Crippen molar-refractivity contribution < 1.29 is 19.1 Å². The zero-order valence-electron chi connectivity index (χ0n) is 17.8. The van der Waals surface area contributed by atoms with E-state index in [4.69, 9.17) is 9.47 Å². The van der Waals surface area contributed by atoms with E-state index in [1.807, 2.05) is 66.9 Å². The molecule has 0 saturated carbocycles. The van der Waals surface area contributed by atoms with Crippen molar-refractivity contribution in [3.05, 3.63) is 86.7 Å². The summed E-state index contributed by atoms with van der Waals surface area (Å²) in [6.45, 7) is 2.50. The molecule has 0 atom stereocenters. The van der Waals surface area contributed by atoms with Gasteiger partial charge in [0.05, 0.1) is 12.1 Å². The summed E-state index contributed by atoms with van der Waals surface area (Å²) < 4.78 is 11.2. The highest BCUT2D eigenvalue weighted by Gasteiger charge is 2.23. The molecule has 8 heteroatoms. The summed E-state index contributed by atoms with van der Waals surface area (Å²) in [7, 11) is 0. The zero-order chi connectivity index (χ0) is 22.8. The molecule has 5 rings (SSSR count). The van der Waals surface area contributed by atoms with E-state index in [1.54, 1.807) is 0 Å². The number of para-hydroxylation sites is 1. The number of aromatic nitrogens is 1. The van der Waals surface area contributed by atoms with Gasteiger partial charge in [-0.25, -0.2) is 9.78 Å². The lowest BCUT2D eigenvalue weighted by molar-refractivity contribution is -0.115. The molecular weight excluding hydrogens is 456 g/mol. The number of nitrogens with one attached hydrogen (secondary N) is 1. The maximum absolute atomic E-state index is 12.6. The molecule has 1 N–H and O–H groups in total. The van der Waals surface area contributed by atoms with Crippen molar-refractivity contribution in [3.63, 3.8) is 0 Å². The first kappa shape index (κ1) is 21.4. The maximum Gasteiger partial charge on any atom is 0.348 e. The number of benzene rings is 2. The van der Waals surface area contributed by atoms with Gasteiger partial charge in [0.1, 0.15) is 28.8 Å². The molecule has 0 fully saturated rings. The number of thiophene rings is 1. The minimum atomic E-state index is -0.390. The second-order valence-corrected chi connectivity index (χ2v) is 9.64. The van der Waals surface area contributed by atoms with Crippen LogP contribution in [0.2, 0.25) is 0 Å². The molecule has 1 aliphatic heterocycles. The molecule has 2 aromatic carbocycles. The molecule has 2 aromatic heterocycles. The van der Waals surface area contributed by atoms with Crippen LogP contribution >= 0.6 is 22.7 Å². The summed E-state index contributed by atoms with van der Waals surface area (Å²) in [5, 5.41) is 5.35. The monoisotopic (exact) mass is 476 g/mol. The van der Waals surface area contributed by atoms with E-state index < -0.39 is 5.97 Å². The van der Waals surface area contributed by atoms with Gasteiger partial charge in [-0.15, -0.1) is 22.7 Å². The number of anilines is 1. The predicted octanol–water partition coefficient (Wildman–Crippen LogP) is 5.61. The van der Waals surface area contributed by atoms with Crippen molar-refractivity contribution in [3.8, 4) is 16.2 Å². The molecule has 1 aliphatic rings. The van der Waals surface area contributed by atoms with Gasteiger partial charge < -0.3 is 14.8 Å². The van der Waals surface area contributed by atoms with Crippen molar-refractivity contribution >= 4 is 40.2 Å². The number of hydrogen-bond acceptors (Lipinski definition) is 7. The summed E-state index contributed by atoms with van der Waals surface area (Å²) in [5.41, 5.74) is 4.49. The third kappa shape index (κ3) is 4.81. The van der Waals surface area contributed by atoms with Crippen molar-refractivity contribution in [1.82, 2.24) is 4.98 Å². The standard InChI is InChI=1S/C25H20N2O4S2/c1-15-6-8-17(9-7-15)26-22(28)11-23-27-18(14-32-23)13-31-25(29)21-10-16-12-30-20-5-3-2-4-19(20)24(16)33-21/h2-10,14H,11-13H2,1H3,(H,26,28). The molecule has 0 unspecified atom stereocenters. The fourth-order valence-electron chi connectivity index (χ4n) is 3.49. The number of hydrogen-bond donors (Lipinski definition) is 1. The van der Waals surface area contributed by atoms with Crippen LogP contribution in [0.25, 0.3) is 10.4 Å². The number of carbonyl (C=O) groups excluding carboxylic acids is 2. The van der Waals surface area contributed by atoms with Gasteiger partial charge in [-0.1, -0.05) is 29.8 Å². The quantitative estimate of drug-likeness (QED) is 0.366. The van der Waals surface area contributed by atoms with Crippen LogP contribution in [0.15, 0.2) is 60.0 Å². The molecule has 0 saturated heterocycles. The summed E-state index contributed by atoms with van der Waals surface area (Å²) in [5.74, 6) is 0.301. The van der Waals surface area contributed by atoms with Crippen molar-refractivity contribution in [2.45, 2.75) is 26.6 Å². The van der Waals surface area contributed by atoms with E-state index in [-0.39, 0.29) is 18.9 Å². The van der Waals surface area contributed by atoms with E-state index >= 15 is 0 Å². The fourth-order valence-corrected chi connectivity index (χ4v) is 5.35.